The average Bonchev–Trinajstić information content (AvgIpc) is 2.90. The van der Waals surface area contributed by atoms with E-state index in [4.69, 9.17) is 0 Å². The zero-order valence-electron chi connectivity index (χ0n) is 9.29. The zero-order valence-corrected chi connectivity index (χ0v) is 9.29. The summed E-state index contributed by atoms with van der Waals surface area (Å²) in [5, 5.41) is 0. The molecule has 0 amide bonds. The third-order valence-electron chi connectivity index (χ3n) is 3.65. The molecule has 0 aromatic heterocycles. The molecule has 0 aliphatic heterocycles. The Morgan fingerprint density at radius 3 is 2.64 bits per heavy atom. The fraction of sp³-hybridized carbons (Fsp3) is 0.571. The Kier molecular flexibility index (Phi) is 2.62. The molecule has 0 N–H and O–H groups in total. The Morgan fingerprint density at radius 1 is 1.29 bits per heavy atom. The normalized spacial score (nSPS) is 30.3. The molecule has 0 heteroatoms. The van der Waals surface area contributed by atoms with Crippen LogP contribution in [-0.4, -0.2) is 0 Å². The molecule has 0 radical (unpaired) electrons. The maximum atomic E-state index is 2.44. The topological polar surface area (TPSA) is 0 Å². The summed E-state index contributed by atoms with van der Waals surface area (Å²) in [4.78, 5) is 0. The monoisotopic (exact) mass is 188 g/mol. The van der Waals surface area contributed by atoms with Crippen molar-refractivity contribution in [3.8, 4) is 0 Å². The standard InChI is InChI=1S/C14H20/c1-3-4-10-14(2)11-13(14)12-8-6-5-7-9-12/h5-9,13H,3-4,10-11H2,1-2H3. The highest BCUT2D eigenvalue weighted by Gasteiger charge is 2.49. The first-order chi connectivity index (χ1) is 6.76. The fourth-order valence-corrected chi connectivity index (χ4v) is 2.47. The zero-order chi connectivity index (χ0) is 10.0. The minimum Gasteiger partial charge on any atom is -0.0654 e. The molecule has 14 heavy (non-hydrogen) atoms. The Labute approximate surface area is 87.3 Å². The summed E-state index contributed by atoms with van der Waals surface area (Å²) < 4.78 is 0. The van der Waals surface area contributed by atoms with Crippen molar-refractivity contribution in [1.29, 1.82) is 0 Å². The van der Waals surface area contributed by atoms with E-state index in [0.29, 0.717) is 5.41 Å². The first kappa shape index (κ1) is 9.76. The molecule has 1 fully saturated rings. The van der Waals surface area contributed by atoms with E-state index >= 15 is 0 Å². The summed E-state index contributed by atoms with van der Waals surface area (Å²) in [6.45, 7) is 4.73. The van der Waals surface area contributed by atoms with Crippen molar-refractivity contribution in [3.05, 3.63) is 35.9 Å². The highest BCUT2D eigenvalue weighted by Crippen LogP contribution is 2.61. The van der Waals surface area contributed by atoms with Gasteiger partial charge in [0.1, 0.15) is 0 Å². The van der Waals surface area contributed by atoms with Crippen LogP contribution < -0.4 is 0 Å². The van der Waals surface area contributed by atoms with Crippen LogP contribution in [0.15, 0.2) is 30.3 Å². The minimum absolute atomic E-state index is 0.622. The van der Waals surface area contributed by atoms with Crippen LogP contribution in [0.5, 0.6) is 0 Å². The van der Waals surface area contributed by atoms with E-state index in [1.165, 1.54) is 25.7 Å². The van der Waals surface area contributed by atoms with Gasteiger partial charge in [0.05, 0.1) is 0 Å². The summed E-state index contributed by atoms with van der Waals surface area (Å²) in [6, 6.07) is 11.0. The Hall–Kier alpha value is -0.780. The van der Waals surface area contributed by atoms with Gasteiger partial charge in [-0.3, -0.25) is 0 Å². The minimum atomic E-state index is 0.622. The largest absolute Gasteiger partial charge is 0.0654 e. The molecule has 0 bridgehead atoms. The molecule has 0 spiro atoms. The van der Waals surface area contributed by atoms with Gasteiger partial charge in [-0.2, -0.15) is 0 Å². The lowest BCUT2D eigenvalue weighted by Gasteiger charge is -2.10. The number of hydrogen-bond donors (Lipinski definition) is 0. The molecule has 2 unspecified atom stereocenters. The van der Waals surface area contributed by atoms with Crippen molar-refractivity contribution in [2.24, 2.45) is 5.41 Å². The second-order valence-corrected chi connectivity index (χ2v) is 4.92. The summed E-state index contributed by atoms with van der Waals surface area (Å²) in [5.74, 6) is 0.843. The van der Waals surface area contributed by atoms with Gasteiger partial charge in [-0.1, -0.05) is 57.0 Å². The lowest BCUT2D eigenvalue weighted by Crippen LogP contribution is -1.97. The highest BCUT2D eigenvalue weighted by atomic mass is 14.5. The van der Waals surface area contributed by atoms with Crippen LogP contribution in [0.1, 0.15) is 51.0 Å². The smallest absolute Gasteiger partial charge is 0.0102 e. The lowest BCUT2D eigenvalue weighted by atomic mass is 9.95. The predicted molar refractivity (Wildman–Crippen MR) is 61.4 cm³/mol. The van der Waals surface area contributed by atoms with Crippen molar-refractivity contribution < 1.29 is 0 Å². The summed E-state index contributed by atoms with van der Waals surface area (Å²) in [7, 11) is 0. The van der Waals surface area contributed by atoms with E-state index in [1.54, 1.807) is 5.56 Å². The van der Waals surface area contributed by atoms with Gasteiger partial charge in [-0.15, -0.1) is 0 Å². The molecule has 0 nitrogen and oxygen atoms in total. The SMILES string of the molecule is CCCCC1(C)CC1c1ccccc1. The predicted octanol–water partition coefficient (Wildman–Crippen LogP) is 4.37. The van der Waals surface area contributed by atoms with Crippen LogP contribution in [0.2, 0.25) is 0 Å². The summed E-state index contributed by atoms with van der Waals surface area (Å²) >= 11 is 0. The second kappa shape index (κ2) is 3.76. The molecule has 1 aromatic carbocycles. The molecule has 76 valence electrons. The molecular weight excluding hydrogens is 168 g/mol. The van der Waals surface area contributed by atoms with E-state index in [9.17, 15) is 0 Å². The highest BCUT2D eigenvalue weighted by molar-refractivity contribution is 5.28. The van der Waals surface area contributed by atoms with Crippen molar-refractivity contribution in [2.45, 2.75) is 45.4 Å². The first-order valence-corrected chi connectivity index (χ1v) is 5.81. The van der Waals surface area contributed by atoms with Crippen LogP contribution in [0, 0.1) is 5.41 Å². The van der Waals surface area contributed by atoms with Crippen LogP contribution in [0.4, 0.5) is 0 Å². The van der Waals surface area contributed by atoms with Crippen LogP contribution in [0.25, 0.3) is 0 Å². The van der Waals surface area contributed by atoms with E-state index in [0.717, 1.165) is 5.92 Å². The van der Waals surface area contributed by atoms with Crippen molar-refractivity contribution in [2.75, 3.05) is 0 Å². The summed E-state index contributed by atoms with van der Waals surface area (Å²) in [6.07, 6.45) is 5.52. The molecule has 1 aromatic rings. The van der Waals surface area contributed by atoms with Crippen LogP contribution in [-0.2, 0) is 0 Å². The van der Waals surface area contributed by atoms with Gasteiger partial charge in [0.15, 0.2) is 0 Å². The summed E-state index contributed by atoms with van der Waals surface area (Å²) in [5.41, 5.74) is 2.17. The lowest BCUT2D eigenvalue weighted by molar-refractivity contribution is 0.473. The molecule has 1 saturated carbocycles. The van der Waals surface area contributed by atoms with E-state index in [2.05, 4.69) is 44.2 Å². The van der Waals surface area contributed by atoms with Gasteiger partial charge in [-0.05, 0) is 29.7 Å². The van der Waals surface area contributed by atoms with E-state index in [1.807, 2.05) is 0 Å². The Bertz CT molecular complexity index is 288. The molecule has 0 heterocycles. The third-order valence-corrected chi connectivity index (χ3v) is 3.65. The maximum Gasteiger partial charge on any atom is -0.0102 e. The Morgan fingerprint density at radius 2 is 2.00 bits per heavy atom. The van der Waals surface area contributed by atoms with Gasteiger partial charge in [0.2, 0.25) is 0 Å². The van der Waals surface area contributed by atoms with Gasteiger partial charge in [0.25, 0.3) is 0 Å². The fourth-order valence-electron chi connectivity index (χ4n) is 2.47. The molecule has 2 atom stereocenters. The molecule has 2 rings (SSSR count). The molecular formula is C14H20. The number of unbranched alkanes of at least 4 members (excludes halogenated alkanes) is 1. The van der Waals surface area contributed by atoms with Gasteiger partial charge in [0, 0.05) is 0 Å². The number of rotatable bonds is 4. The van der Waals surface area contributed by atoms with Crippen LogP contribution >= 0.6 is 0 Å². The van der Waals surface area contributed by atoms with Gasteiger partial charge >= 0.3 is 0 Å². The first-order valence-electron chi connectivity index (χ1n) is 5.81. The molecule has 0 saturated heterocycles. The third kappa shape index (κ3) is 1.84. The Balaban J connectivity index is 1.98. The van der Waals surface area contributed by atoms with Crippen LogP contribution in [0.3, 0.4) is 0 Å². The quantitative estimate of drug-likeness (QED) is 0.658. The van der Waals surface area contributed by atoms with Gasteiger partial charge in [-0.25, -0.2) is 0 Å². The van der Waals surface area contributed by atoms with E-state index in [-0.39, 0.29) is 0 Å². The maximum absolute atomic E-state index is 2.44. The number of benzene rings is 1. The molecule has 1 aliphatic carbocycles. The second-order valence-electron chi connectivity index (χ2n) is 4.92. The molecule has 1 aliphatic rings. The van der Waals surface area contributed by atoms with Crippen molar-refractivity contribution in [1.82, 2.24) is 0 Å². The van der Waals surface area contributed by atoms with Crippen molar-refractivity contribution >= 4 is 0 Å². The van der Waals surface area contributed by atoms with Crippen molar-refractivity contribution in [3.63, 3.8) is 0 Å². The van der Waals surface area contributed by atoms with E-state index < -0.39 is 0 Å². The number of hydrogen-bond acceptors (Lipinski definition) is 0. The average molecular weight is 188 g/mol. The van der Waals surface area contributed by atoms with Gasteiger partial charge < -0.3 is 0 Å².